The van der Waals surface area contributed by atoms with E-state index < -0.39 is 6.04 Å². The summed E-state index contributed by atoms with van der Waals surface area (Å²) in [5.41, 5.74) is 0.765. The summed E-state index contributed by atoms with van der Waals surface area (Å²) < 4.78 is 0. The van der Waals surface area contributed by atoms with Gasteiger partial charge in [0, 0.05) is 11.1 Å². The van der Waals surface area contributed by atoms with Crippen LogP contribution in [0.25, 0.3) is 0 Å². The molecule has 0 aliphatic rings. The molecule has 0 aliphatic carbocycles. The van der Waals surface area contributed by atoms with E-state index in [9.17, 15) is 9.59 Å². The van der Waals surface area contributed by atoms with Gasteiger partial charge in [0.25, 0.3) is 0 Å². The van der Waals surface area contributed by atoms with Crippen LogP contribution in [0.4, 0.5) is 11.5 Å². The first-order valence-corrected chi connectivity index (χ1v) is 9.56. The second kappa shape index (κ2) is 9.56. The van der Waals surface area contributed by atoms with Crippen LogP contribution in [-0.2, 0) is 9.59 Å². The molecular formula is C18H21ClN4O2S. The summed E-state index contributed by atoms with van der Waals surface area (Å²) in [6, 6.07) is 10.4. The van der Waals surface area contributed by atoms with Crippen molar-refractivity contribution in [3.63, 3.8) is 0 Å². The Morgan fingerprint density at radius 3 is 2.62 bits per heavy atom. The third kappa shape index (κ3) is 5.72. The molecule has 1 unspecified atom stereocenters. The highest BCUT2D eigenvalue weighted by molar-refractivity contribution is 7.98. The molecule has 2 aromatic rings. The number of carbonyl (C=O) groups is 2. The van der Waals surface area contributed by atoms with Crippen molar-refractivity contribution < 1.29 is 9.59 Å². The maximum absolute atomic E-state index is 12.3. The van der Waals surface area contributed by atoms with Crippen LogP contribution in [-0.4, -0.2) is 47.6 Å². The van der Waals surface area contributed by atoms with E-state index >= 15 is 0 Å². The van der Waals surface area contributed by atoms with Crippen LogP contribution < -0.4 is 10.6 Å². The van der Waals surface area contributed by atoms with E-state index in [1.165, 1.54) is 6.20 Å². The van der Waals surface area contributed by atoms with Gasteiger partial charge in [0.2, 0.25) is 11.8 Å². The number of halogens is 1. The number of nitrogens with zero attached hydrogens (tertiary/aromatic N) is 2. The summed E-state index contributed by atoms with van der Waals surface area (Å²) in [5.74, 6) is -0.0177. The predicted molar refractivity (Wildman–Crippen MR) is 107 cm³/mol. The van der Waals surface area contributed by atoms with Gasteiger partial charge in [0.1, 0.15) is 5.82 Å². The smallest absolute Gasteiger partial charge is 0.242 e. The van der Waals surface area contributed by atoms with Gasteiger partial charge in [0.15, 0.2) is 0 Å². The molecule has 1 heterocycles. The minimum atomic E-state index is -0.506. The summed E-state index contributed by atoms with van der Waals surface area (Å²) in [6.07, 6.45) is 3.41. The number of anilines is 2. The molecule has 0 spiro atoms. The molecule has 8 heteroatoms. The van der Waals surface area contributed by atoms with Crippen molar-refractivity contribution >= 4 is 46.7 Å². The molecule has 1 aromatic carbocycles. The van der Waals surface area contributed by atoms with Gasteiger partial charge < -0.3 is 10.6 Å². The second-order valence-corrected chi connectivity index (χ2v) is 6.97. The molecule has 0 saturated heterocycles. The highest BCUT2D eigenvalue weighted by Gasteiger charge is 2.21. The van der Waals surface area contributed by atoms with Crippen molar-refractivity contribution in [3.8, 4) is 0 Å². The minimum absolute atomic E-state index is 0.0886. The highest BCUT2D eigenvalue weighted by atomic mass is 35.5. The molecule has 0 bridgehead atoms. The van der Waals surface area contributed by atoms with E-state index in [0.717, 1.165) is 10.6 Å². The summed E-state index contributed by atoms with van der Waals surface area (Å²) in [4.78, 5) is 31.3. The molecule has 1 aromatic heterocycles. The summed E-state index contributed by atoms with van der Waals surface area (Å²) in [5, 5.41) is 6.08. The maximum Gasteiger partial charge on any atom is 0.242 e. The number of thioether (sulfide) groups is 1. The maximum atomic E-state index is 12.3. The van der Waals surface area contributed by atoms with E-state index in [0.29, 0.717) is 10.8 Å². The quantitative estimate of drug-likeness (QED) is 0.707. The fraction of sp³-hybridized carbons (Fsp3) is 0.278. The molecule has 0 fully saturated rings. The number of pyridine rings is 1. The average Bonchev–Trinajstić information content (AvgIpc) is 2.63. The van der Waals surface area contributed by atoms with E-state index in [1.54, 1.807) is 42.8 Å². The van der Waals surface area contributed by atoms with Crippen molar-refractivity contribution in [3.05, 3.63) is 47.6 Å². The van der Waals surface area contributed by atoms with Crippen molar-refractivity contribution in [2.45, 2.75) is 17.9 Å². The lowest BCUT2D eigenvalue weighted by Crippen LogP contribution is -2.43. The molecule has 6 nitrogen and oxygen atoms in total. The largest absolute Gasteiger partial charge is 0.324 e. The number of para-hydroxylation sites is 1. The molecule has 2 rings (SSSR count). The second-order valence-electron chi connectivity index (χ2n) is 5.69. The zero-order chi connectivity index (χ0) is 19.1. The highest BCUT2D eigenvalue weighted by Crippen LogP contribution is 2.24. The lowest BCUT2D eigenvalue weighted by atomic mass is 10.2. The Hall–Kier alpha value is -2.09. The Balaban J connectivity index is 1.90. The topological polar surface area (TPSA) is 74.3 Å². The van der Waals surface area contributed by atoms with Crippen LogP contribution in [0, 0.1) is 0 Å². The van der Waals surface area contributed by atoms with Crippen LogP contribution in [0.3, 0.4) is 0 Å². The van der Waals surface area contributed by atoms with Gasteiger partial charge in [-0.05, 0) is 44.5 Å². The number of hydrogen-bond acceptors (Lipinski definition) is 5. The fourth-order valence-electron chi connectivity index (χ4n) is 2.18. The lowest BCUT2D eigenvalue weighted by molar-refractivity contribution is -0.122. The zero-order valence-electron chi connectivity index (χ0n) is 14.8. The van der Waals surface area contributed by atoms with Crippen molar-refractivity contribution in [1.29, 1.82) is 0 Å². The van der Waals surface area contributed by atoms with Gasteiger partial charge in [-0.25, -0.2) is 4.98 Å². The Bertz CT molecular complexity index is 770. The number of aromatic nitrogens is 1. The van der Waals surface area contributed by atoms with Crippen molar-refractivity contribution in [1.82, 2.24) is 9.88 Å². The molecule has 26 heavy (non-hydrogen) atoms. The van der Waals surface area contributed by atoms with E-state index in [1.807, 2.05) is 30.5 Å². The molecule has 1 atom stereocenters. The van der Waals surface area contributed by atoms with Gasteiger partial charge in [-0.1, -0.05) is 23.7 Å². The normalized spacial score (nSPS) is 11.9. The summed E-state index contributed by atoms with van der Waals surface area (Å²) in [6.45, 7) is 1.82. The number of nitrogens with one attached hydrogen (secondary N) is 2. The number of rotatable bonds is 7. The molecule has 0 aliphatic heterocycles. The first kappa shape index (κ1) is 20.2. The number of carbonyl (C=O) groups excluding carboxylic acids is 2. The minimum Gasteiger partial charge on any atom is -0.324 e. The molecule has 0 radical (unpaired) electrons. The van der Waals surface area contributed by atoms with Crippen LogP contribution in [0.2, 0.25) is 5.02 Å². The third-order valence-corrected chi connectivity index (χ3v) is 4.81. The van der Waals surface area contributed by atoms with Gasteiger partial charge in [-0.3, -0.25) is 14.5 Å². The third-order valence-electron chi connectivity index (χ3n) is 3.79. The van der Waals surface area contributed by atoms with Crippen molar-refractivity contribution in [2.24, 2.45) is 0 Å². The molecule has 2 N–H and O–H groups in total. The van der Waals surface area contributed by atoms with E-state index in [-0.39, 0.29) is 18.4 Å². The molecule has 0 saturated carbocycles. The van der Waals surface area contributed by atoms with Crippen LogP contribution in [0.1, 0.15) is 6.92 Å². The van der Waals surface area contributed by atoms with Gasteiger partial charge in [-0.15, -0.1) is 11.8 Å². The number of amides is 2. The van der Waals surface area contributed by atoms with Gasteiger partial charge in [-0.2, -0.15) is 0 Å². The Kier molecular flexibility index (Phi) is 7.44. The van der Waals surface area contributed by atoms with Crippen LogP contribution in [0.5, 0.6) is 0 Å². The SMILES string of the molecule is CSc1ccccc1NC(=O)CN(C)C(C)C(=O)Nc1ccc(Cl)cn1. The van der Waals surface area contributed by atoms with E-state index in [4.69, 9.17) is 11.6 Å². The van der Waals surface area contributed by atoms with E-state index in [2.05, 4.69) is 15.6 Å². The Morgan fingerprint density at radius 2 is 1.96 bits per heavy atom. The molecular weight excluding hydrogens is 372 g/mol. The predicted octanol–water partition coefficient (Wildman–Crippen LogP) is 3.35. The summed E-state index contributed by atoms with van der Waals surface area (Å²) in [7, 11) is 1.72. The van der Waals surface area contributed by atoms with Crippen LogP contribution in [0.15, 0.2) is 47.5 Å². The van der Waals surface area contributed by atoms with Crippen molar-refractivity contribution in [2.75, 3.05) is 30.5 Å². The first-order chi connectivity index (χ1) is 12.4. The monoisotopic (exact) mass is 392 g/mol. The Labute approximate surface area is 162 Å². The lowest BCUT2D eigenvalue weighted by Gasteiger charge is -2.23. The zero-order valence-corrected chi connectivity index (χ0v) is 16.4. The first-order valence-electron chi connectivity index (χ1n) is 7.96. The molecule has 2 amide bonds. The number of likely N-dealkylation sites (N-methyl/N-ethyl adjacent to an activating group) is 1. The van der Waals surface area contributed by atoms with Gasteiger partial charge in [0.05, 0.1) is 23.3 Å². The Morgan fingerprint density at radius 1 is 1.23 bits per heavy atom. The average molecular weight is 393 g/mol. The van der Waals surface area contributed by atoms with Crippen LogP contribution >= 0.6 is 23.4 Å². The number of benzene rings is 1. The standard InChI is InChI=1S/C18H21ClN4O2S/c1-12(18(25)22-16-9-8-13(19)10-20-16)23(2)11-17(24)21-14-6-4-5-7-15(14)26-3/h4-10,12H,11H2,1-3H3,(H,21,24)(H,20,22,25). The fourth-order valence-corrected chi connectivity index (χ4v) is 2.85. The number of hydrogen-bond donors (Lipinski definition) is 2. The van der Waals surface area contributed by atoms with Gasteiger partial charge >= 0.3 is 0 Å². The molecule has 138 valence electrons. The summed E-state index contributed by atoms with van der Waals surface area (Å²) >= 11 is 7.34.